The van der Waals surface area contributed by atoms with Crippen LogP contribution < -0.4 is 0 Å². The molecule has 0 fully saturated rings. The molecule has 2 atom stereocenters. The summed E-state index contributed by atoms with van der Waals surface area (Å²) in [6.07, 6.45) is -5.19. The summed E-state index contributed by atoms with van der Waals surface area (Å²) in [6.45, 7) is 0.894. The molecule has 0 spiro atoms. The largest absolute Gasteiger partial charge is 0.391 e. The Kier molecular flexibility index (Phi) is 3.50. The van der Waals surface area contributed by atoms with Crippen molar-refractivity contribution in [3.8, 4) is 0 Å². The third-order valence-electron chi connectivity index (χ3n) is 3.44. The van der Waals surface area contributed by atoms with Gasteiger partial charge >= 0.3 is 6.18 Å². The van der Waals surface area contributed by atoms with E-state index in [4.69, 9.17) is 0 Å². The van der Waals surface area contributed by atoms with Crippen LogP contribution in [0.25, 0.3) is 0 Å². The van der Waals surface area contributed by atoms with Gasteiger partial charge in [-0.05, 0) is 6.42 Å². The Labute approximate surface area is 112 Å². The van der Waals surface area contributed by atoms with Crippen molar-refractivity contribution in [2.75, 3.05) is 0 Å². The Morgan fingerprint density at radius 1 is 1.05 bits per heavy atom. The minimum absolute atomic E-state index is 0.0245. The van der Waals surface area contributed by atoms with Crippen molar-refractivity contribution in [2.24, 2.45) is 11.8 Å². The molecule has 0 radical (unpaired) electrons. The molecule has 0 saturated heterocycles. The van der Waals surface area contributed by atoms with Crippen molar-refractivity contribution >= 4 is 17.3 Å². The minimum Gasteiger partial charge on any atom is -0.293 e. The highest BCUT2D eigenvalue weighted by atomic mass is 19.4. The lowest BCUT2D eigenvalue weighted by molar-refractivity contribution is -0.173. The van der Waals surface area contributed by atoms with Crippen LogP contribution in [-0.2, 0) is 4.79 Å². The maximum atomic E-state index is 12.5. The van der Waals surface area contributed by atoms with Crippen LogP contribution in [0.5, 0.6) is 0 Å². The number of rotatable bonds is 2. The molecular formula is C14H11F3O3. The first kappa shape index (κ1) is 14.4. The Morgan fingerprint density at radius 2 is 1.60 bits per heavy atom. The first-order valence-electron chi connectivity index (χ1n) is 6.02. The fourth-order valence-corrected chi connectivity index (χ4v) is 2.19. The van der Waals surface area contributed by atoms with Crippen molar-refractivity contribution in [1.29, 1.82) is 0 Å². The SMILES string of the molecule is CC(CC1C(=O)C(=O)c2ccccc2C1=O)C(F)(F)F. The summed E-state index contributed by atoms with van der Waals surface area (Å²) >= 11 is 0. The van der Waals surface area contributed by atoms with Crippen LogP contribution in [0.1, 0.15) is 34.1 Å². The van der Waals surface area contributed by atoms with E-state index in [1.165, 1.54) is 24.3 Å². The van der Waals surface area contributed by atoms with Gasteiger partial charge in [0.1, 0.15) is 0 Å². The zero-order valence-corrected chi connectivity index (χ0v) is 10.5. The second kappa shape index (κ2) is 4.85. The summed E-state index contributed by atoms with van der Waals surface area (Å²) in [6, 6.07) is 5.68. The highest BCUT2D eigenvalue weighted by molar-refractivity contribution is 6.51. The average molecular weight is 284 g/mol. The fourth-order valence-electron chi connectivity index (χ4n) is 2.19. The van der Waals surface area contributed by atoms with E-state index in [0.717, 1.165) is 6.92 Å². The number of Topliss-reactive ketones (excluding diaryl/α,β-unsaturated/α-hetero) is 3. The monoisotopic (exact) mass is 284 g/mol. The zero-order valence-electron chi connectivity index (χ0n) is 10.5. The van der Waals surface area contributed by atoms with Crippen molar-refractivity contribution in [3.05, 3.63) is 35.4 Å². The molecule has 2 unspecified atom stereocenters. The first-order valence-corrected chi connectivity index (χ1v) is 6.02. The second-order valence-corrected chi connectivity index (χ2v) is 4.83. The van der Waals surface area contributed by atoms with Gasteiger partial charge in [-0.2, -0.15) is 13.2 Å². The van der Waals surface area contributed by atoms with E-state index >= 15 is 0 Å². The minimum atomic E-state index is -4.50. The molecule has 6 heteroatoms. The number of fused-ring (bicyclic) bond motifs is 1. The summed E-state index contributed by atoms with van der Waals surface area (Å²) in [5.41, 5.74) is -0.00473. The number of carbonyl (C=O) groups excluding carboxylic acids is 3. The van der Waals surface area contributed by atoms with E-state index in [1.807, 2.05) is 0 Å². The summed E-state index contributed by atoms with van der Waals surface area (Å²) in [5.74, 6) is -6.00. The lowest BCUT2D eigenvalue weighted by Gasteiger charge is -2.24. The van der Waals surface area contributed by atoms with Crippen LogP contribution in [0.15, 0.2) is 24.3 Å². The molecular weight excluding hydrogens is 273 g/mol. The predicted octanol–water partition coefficient (Wildman–Crippen LogP) is 2.84. The van der Waals surface area contributed by atoms with Gasteiger partial charge in [-0.15, -0.1) is 0 Å². The van der Waals surface area contributed by atoms with Crippen molar-refractivity contribution in [2.45, 2.75) is 19.5 Å². The molecule has 0 heterocycles. The maximum Gasteiger partial charge on any atom is 0.391 e. The van der Waals surface area contributed by atoms with Gasteiger partial charge in [0.2, 0.25) is 11.6 Å². The number of benzene rings is 1. The Hall–Kier alpha value is -1.98. The number of carbonyl (C=O) groups is 3. The van der Waals surface area contributed by atoms with Crippen LogP contribution in [-0.4, -0.2) is 23.5 Å². The van der Waals surface area contributed by atoms with Gasteiger partial charge in [0.15, 0.2) is 5.78 Å². The number of hydrogen-bond acceptors (Lipinski definition) is 3. The van der Waals surface area contributed by atoms with E-state index in [1.54, 1.807) is 0 Å². The summed E-state index contributed by atoms with van der Waals surface area (Å²) in [5, 5.41) is 0. The van der Waals surface area contributed by atoms with Gasteiger partial charge in [0.05, 0.1) is 11.8 Å². The molecule has 0 amide bonds. The highest BCUT2D eigenvalue weighted by Gasteiger charge is 2.45. The van der Waals surface area contributed by atoms with Gasteiger partial charge in [-0.25, -0.2) is 0 Å². The van der Waals surface area contributed by atoms with E-state index in [9.17, 15) is 27.6 Å². The van der Waals surface area contributed by atoms with Gasteiger partial charge in [0.25, 0.3) is 0 Å². The average Bonchev–Trinajstić information content (AvgIpc) is 2.39. The van der Waals surface area contributed by atoms with Crippen molar-refractivity contribution < 1.29 is 27.6 Å². The van der Waals surface area contributed by atoms with E-state index in [0.29, 0.717) is 0 Å². The van der Waals surface area contributed by atoms with Gasteiger partial charge in [-0.1, -0.05) is 31.2 Å². The standard InChI is InChI=1S/C14H11F3O3/c1-7(14(15,16)17)6-10-11(18)8-4-2-3-5-9(8)12(19)13(10)20/h2-5,7,10H,6H2,1H3. The normalized spacial score (nSPS) is 20.8. The lowest BCUT2D eigenvalue weighted by Crippen LogP contribution is -2.39. The molecule has 20 heavy (non-hydrogen) atoms. The molecule has 106 valence electrons. The zero-order chi connectivity index (χ0) is 15.1. The lowest BCUT2D eigenvalue weighted by atomic mass is 9.77. The molecule has 1 aliphatic rings. The van der Waals surface area contributed by atoms with Crippen LogP contribution in [0.4, 0.5) is 13.2 Å². The summed E-state index contributed by atoms with van der Waals surface area (Å²) in [4.78, 5) is 35.7. The van der Waals surface area contributed by atoms with Crippen LogP contribution in [0.3, 0.4) is 0 Å². The van der Waals surface area contributed by atoms with E-state index in [-0.39, 0.29) is 11.1 Å². The Bertz CT molecular complexity index is 590. The van der Waals surface area contributed by atoms with Gasteiger partial charge in [-0.3, -0.25) is 14.4 Å². The molecule has 0 saturated carbocycles. The quantitative estimate of drug-likeness (QED) is 0.620. The molecule has 2 rings (SSSR count). The number of halogens is 3. The van der Waals surface area contributed by atoms with Crippen LogP contribution in [0.2, 0.25) is 0 Å². The molecule has 0 aliphatic heterocycles. The van der Waals surface area contributed by atoms with Gasteiger partial charge in [0, 0.05) is 11.1 Å². The second-order valence-electron chi connectivity index (χ2n) is 4.83. The summed E-state index contributed by atoms with van der Waals surface area (Å²) < 4.78 is 37.6. The molecule has 1 aliphatic carbocycles. The van der Waals surface area contributed by atoms with Crippen molar-refractivity contribution in [1.82, 2.24) is 0 Å². The number of hydrogen-bond donors (Lipinski definition) is 0. The Morgan fingerprint density at radius 3 is 2.15 bits per heavy atom. The third-order valence-corrected chi connectivity index (χ3v) is 3.44. The van der Waals surface area contributed by atoms with Gasteiger partial charge < -0.3 is 0 Å². The molecule has 1 aromatic carbocycles. The third kappa shape index (κ3) is 2.37. The molecule has 1 aromatic rings. The predicted molar refractivity (Wildman–Crippen MR) is 63.4 cm³/mol. The molecule has 0 bridgehead atoms. The van der Waals surface area contributed by atoms with E-state index in [2.05, 4.69) is 0 Å². The number of alkyl halides is 3. The van der Waals surface area contributed by atoms with Crippen LogP contribution >= 0.6 is 0 Å². The molecule has 3 nitrogen and oxygen atoms in total. The fraction of sp³-hybridized carbons (Fsp3) is 0.357. The summed E-state index contributed by atoms with van der Waals surface area (Å²) in [7, 11) is 0. The van der Waals surface area contributed by atoms with Crippen LogP contribution in [0, 0.1) is 11.8 Å². The Balaban J connectivity index is 2.36. The highest BCUT2D eigenvalue weighted by Crippen LogP contribution is 2.34. The first-order chi connectivity index (χ1) is 9.23. The topological polar surface area (TPSA) is 51.2 Å². The maximum absolute atomic E-state index is 12.5. The molecule has 0 aromatic heterocycles. The van der Waals surface area contributed by atoms with Crippen molar-refractivity contribution in [3.63, 3.8) is 0 Å². The number of ketones is 3. The van der Waals surface area contributed by atoms with E-state index < -0.39 is 41.8 Å². The molecule has 0 N–H and O–H groups in total. The smallest absolute Gasteiger partial charge is 0.293 e.